The monoisotopic (exact) mass is 454 g/mol. The minimum absolute atomic E-state index is 0.0715. The first kappa shape index (κ1) is 21.8. The summed E-state index contributed by atoms with van der Waals surface area (Å²) in [5.41, 5.74) is 2.96. The Morgan fingerprint density at radius 3 is 2.74 bits per heavy atom. The lowest BCUT2D eigenvalue weighted by atomic mass is 10.0. The molecule has 1 aliphatic rings. The zero-order valence-corrected chi connectivity index (χ0v) is 19.6. The Balaban J connectivity index is 1.69. The second-order valence-corrected chi connectivity index (χ2v) is 8.89. The van der Waals surface area contributed by atoms with Gasteiger partial charge in [0.05, 0.1) is 11.7 Å². The van der Waals surface area contributed by atoms with Crippen molar-refractivity contribution in [3.05, 3.63) is 76.8 Å². The molecule has 31 heavy (non-hydrogen) atoms. The summed E-state index contributed by atoms with van der Waals surface area (Å²) in [4.78, 5) is 9.00. The average molecular weight is 455 g/mol. The lowest BCUT2D eigenvalue weighted by molar-refractivity contribution is 0.261. The average Bonchev–Trinajstić information content (AvgIpc) is 3.35. The molecule has 2 unspecified atom stereocenters. The maximum absolute atomic E-state index is 6.41. The quantitative estimate of drug-likeness (QED) is 0.493. The van der Waals surface area contributed by atoms with E-state index in [2.05, 4.69) is 34.2 Å². The van der Waals surface area contributed by atoms with E-state index < -0.39 is 0 Å². The van der Waals surface area contributed by atoms with E-state index in [1.807, 2.05) is 61.7 Å². The fourth-order valence-corrected chi connectivity index (χ4v) is 4.55. The normalized spacial score (nSPS) is 18.6. The Bertz CT molecular complexity index is 1050. The summed E-state index contributed by atoms with van der Waals surface area (Å²) in [6.07, 6.45) is 2.82. The van der Waals surface area contributed by atoms with Crippen molar-refractivity contribution in [3.63, 3.8) is 0 Å². The number of hydrogen-bond acceptors (Lipinski definition) is 4. The van der Waals surface area contributed by atoms with Crippen LogP contribution in [0.2, 0.25) is 5.02 Å². The lowest BCUT2D eigenvalue weighted by Gasteiger charge is -2.26. The number of benzene rings is 1. The molecule has 4 rings (SSSR count). The van der Waals surface area contributed by atoms with Gasteiger partial charge >= 0.3 is 0 Å². The van der Waals surface area contributed by atoms with Crippen molar-refractivity contribution in [2.24, 2.45) is 0 Å². The van der Waals surface area contributed by atoms with Crippen molar-refractivity contribution < 1.29 is 4.42 Å². The summed E-state index contributed by atoms with van der Waals surface area (Å²) in [6.45, 7) is 3.84. The summed E-state index contributed by atoms with van der Waals surface area (Å²) in [5.74, 6) is 1.67. The molecular formula is C24H27ClN4OS. The number of halogens is 1. The highest BCUT2D eigenvalue weighted by Gasteiger charge is 2.41. The predicted octanol–water partition coefficient (Wildman–Crippen LogP) is 5.23. The first-order valence-electron chi connectivity index (χ1n) is 10.4. The molecule has 162 valence electrons. The van der Waals surface area contributed by atoms with E-state index in [0.717, 1.165) is 58.0 Å². The van der Waals surface area contributed by atoms with Gasteiger partial charge in [-0.15, -0.1) is 0 Å². The van der Waals surface area contributed by atoms with Crippen LogP contribution in [0.15, 0.2) is 59.1 Å². The van der Waals surface area contributed by atoms with E-state index in [9.17, 15) is 0 Å². The summed E-state index contributed by atoms with van der Waals surface area (Å²) in [5, 5.41) is 4.94. The van der Waals surface area contributed by atoms with E-state index in [1.165, 1.54) is 0 Å². The molecule has 2 atom stereocenters. The van der Waals surface area contributed by atoms with Gasteiger partial charge in [-0.1, -0.05) is 29.8 Å². The maximum atomic E-state index is 6.41. The fraction of sp³-hybridized carbons (Fsp3) is 0.333. The van der Waals surface area contributed by atoms with Crippen LogP contribution >= 0.6 is 23.8 Å². The third-order valence-electron chi connectivity index (χ3n) is 5.65. The fourth-order valence-electron chi connectivity index (χ4n) is 4.04. The SMILES string of the molecule is Cc1c(Cl)cccc1-c1ccc(C2C(c3ccccn3)NC(=S)N2CCCN(C)C)o1. The summed E-state index contributed by atoms with van der Waals surface area (Å²) in [7, 11) is 4.17. The van der Waals surface area contributed by atoms with E-state index in [0.29, 0.717) is 0 Å². The van der Waals surface area contributed by atoms with Crippen molar-refractivity contribution in [2.75, 3.05) is 27.2 Å². The van der Waals surface area contributed by atoms with Gasteiger partial charge in [0.2, 0.25) is 0 Å². The van der Waals surface area contributed by atoms with Crippen LogP contribution in [0.25, 0.3) is 11.3 Å². The third kappa shape index (κ3) is 4.61. The van der Waals surface area contributed by atoms with Crippen molar-refractivity contribution >= 4 is 28.9 Å². The molecule has 7 heteroatoms. The summed E-state index contributed by atoms with van der Waals surface area (Å²) >= 11 is 12.1. The van der Waals surface area contributed by atoms with Crippen LogP contribution in [0.5, 0.6) is 0 Å². The molecule has 2 aromatic heterocycles. The smallest absolute Gasteiger partial charge is 0.170 e. The Hall–Kier alpha value is -2.41. The highest BCUT2D eigenvalue weighted by Crippen LogP contribution is 2.41. The predicted molar refractivity (Wildman–Crippen MR) is 129 cm³/mol. The van der Waals surface area contributed by atoms with Crippen LogP contribution in [0.3, 0.4) is 0 Å². The Morgan fingerprint density at radius 1 is 1.16 bits per heavy atom. The zero-order chi connectivity index (χ0) is 22.0. The second kappa shape index (κ2) is 9.39. The van der Waals surface area contributed by atoms with Crippen molar-refractivity contribution in [2.45, 2.75) is 25.4 Å². The molecule has 0 bridgehead atoms. The number of thiocarbonyl (C=S) groups is 1. The number of furan rings is 1. The first-order chi connectivity index (χ1) is 15.0. The molecule has 1 saturated heterocycles. The van der Waals surface area contributed by atoms with E-state index in [4.69, 9.17) is 28.2 Å². The Morgan fingerprint density at radius 2 is 2.00 bits per heavy atom. The first-order valence-corrected chi connectivity index (χ1v) is 11.2. The number of nitrogens with zero attached hydrogens (tertiary/aromatic N) is 3. The van der Waals surface area contributed by atoms with Gasteiger partial charge in [-0.2, -0.15) is 0 Å². The van der Waals surface area contributed by atoms with Gasteiger partial charge in [0, 0.05) is 23.3 Å². The van der Waals surface area contributed by atoms with E-state index in [1.54, 1.807) is 0 Å². The number of rotatable bonds is 7. The highest BCUT2D eigenvalue weighted by atomic mass is 35.5. The summed E-state index contributed by atoms with van der Waals surface area (Å²) < 4.78 is 6.41. The van der Waals surface area contributed by atoms with Gasteiger partial charge in [0.25, 0.3) is 0 Å². The molecule has 0 saturated carbocycles. The molecule has 0 amide bonds. The van der Waals surface area contributed by atoms with Crippen LogP contribution < -0.4 is 5.32 Å². The van der Waals surface area contributed by atoms with Crippen molar-refractivity contribution in [1.29, 1.82) is 0 Å². The van der Waals surface area contributed by atoms with Gasteiger partial charge in [0.1, 0.15) is 17.6 Å². The van der Waals surface area contributed by atoms with Crippen molar-refractivity contribution in [3.8, 4) is 11.3 Å². The van der Waals surface area contributed by atoms with Gasteiger partial charge < -0.3 is 19.5 Å². The van der Waals surface area contributed by atoms with Gasteiger partial charge in [-0.3, -0.25) is 4.98 Å². The third-order valence-corrected chi connectivity index (χ3v) is 6.42. The molecule has 0 spiro atoms. The minimum Gasteiger partial charge on any atom is -0.459 e. The largest absolute Gasteiger partial charge is 0.459 e. The lowest BCUT2D eigenvalue weighted by Crippen LogP contribution is -2.32. The highest BCUT2D eigenvalue weighted by molar-refractivity contribution is 7.80. The van der Waals surface area contributed by atoms with Crippen molar-refractivity contribution in [1.82, 2.24) is 20.1 Å². The molecule has 1 aliphatic heterocycles. The Labute approximate surface area is 194 Å². The van der Waals surface area contributed by atoms with Gasteiger partial charge in [-0.25, -0.2) is 0 Å². The van der Waals surface area contributed by atoms with E-state index in [-0.39, 0.29) is 12.1 Å². The molecule has 1 N–H and O–H groups in total. The molecule has 0 aliphatic carbocycles. The molecular weight excluding hydrogens is 428 g/mol. The van der Waals surface area contributed by atoms with Crippen LogP contribution in [0.1, 0.15) is 35.5 Å². The summed E-state index contributed by atoms with van der Waals surface area (Å²) in [6, 6.07) is 15.7. The van der Waals surface area contributed by atoms with E-state index >= 15 is 0 Å². The van der Waals surface area contributed by atoms with Crippen LogP contribution in [0, 0.1) is 6.92 Å². The molecule has 5 nitrogen and oxygen atoms in total. The number of hydrogen-bond donors (Lipinski definition) is 1. The number of nitrogens with one attached hydrogen (secondary N) is 1. The molecule has 1 aromatic carbocycles. The number of pyridine rings is 1. The van der Waals surface area contributed by atoms with Crippen LogP contribution in [-0.4, -0.2) is 47.1 Å². The zero-order valence-electron chi connectivity index (χ0n) is 18.0. The number of aromatic nitrogens is 1. The molecule has 0 radical (unpaired) electrons. The van der Waals surface area contributed by atoms with Gasteiger partial charge in [-0.05, 0) is 82.1 Å². The standard InChI is InChI=1S/C24H27ClN4OS/c1-16-17(8-6-9-18(16)25)20-11-12-21(30-20)23-22(19-10-4-5-13-26-19)27-24(31)29(23)15-7-14-28(2)3/h4-6,8-13,22-23H,7,14-15H2,1-3H3,(H,27,31). The molecule has 1 fully saturated rings. The van der Waals surface area contributed by atoms with Gasteiger partial charge in [0.15, 0.2) is 5.11 Å². The minimum atomic E-state index is -0.0764. The maximum Gasteiger partial charge on any atom is 0.170 e. The topological polar surface area (TPSA) is 44.5 Å². The molecule has 3 aromatic rings. The molecule has 3 heterocycles. The Kier molecular flexibility index (Phi) is 6.60. The van der Waals surface area contributed by atoms with Crippen LogP contribution in [-0.2, 0) is 0 Å². The van der Waals surface area contributed by atoms with Crippen LogP contribution in [0.4, 0.5) is 0 Å². The second-order valence-electron chi connectivity index (χ2n) is 8.09.